The second-order valence-corrected chi connectivity index (χ2v) is 8.10. The van der Waals surface area contributed by atoms with Crippen LogP contribution in [0.25, 0.3) is 16.7 Å². The molecule has 0 unspecified atom stereocenters. The van der Waals surface area contributed by atoms with E-state index in [4.69, 9.17) is 11.6 Å². The van der Waals surface area contributed by atoms with Crippen LogP contribution in [0.1, 0.15) is 29.9 Å². The molecule has 6 heteroatoms. The predicted octanol–water partition coefficient (Wildman–Crippen LogP) is 6.18. The summed E-state index contributed by atoms with van der Waals surface area (Å²) in [6, 6.07) is 16.5. The van der Waals surface area contributed by atoms with Crippen molar-refractivity contribution in [2.45, 2.75) is 24.9 Å². The first kappa shape index (κ1) is 21.2. The normalized spacial score (nSPS) is 19.1. The Hall–Kier alpha value is -3.02. The van der Waals surface area contributed by atoms with E-state index >= 15 is 0 Å². The van der Waals surface area contributed by atoms with Crippen molar-refractivity contribution in [1.82, 2.24) is 0 Å². The zero-order valence-electron chi connectivity index (χ0n) is 16.5. The quantitative estimate of drug-likeness (QED) is 0.469. The number of aliphatic hydroxyl groups excluding tert-OH is 1. The van der Waals surface area contributed by atoms with Crippen LogP contribution < -0.4 is 5.32 Å². The second-order valence-electron chi connectivity index (χ2n) is 7.69. The van der Waals surface area contributed by atoms with Crippen molar-refractivity contribution in [1.29, 1.82) is 0 Å². The Morgan fingerprint density at radius 2 is 1.61 bits per heavy atom. The summed E-state index contributed by atoms with van der Waals surface area (Å²) in [5.74, 6) is -0.793. The van der Waals surface area contributed by atoms with Crippen molar-refractivity contribution in [2.24, 2.45) is 0 Å². The highest BCUT2D eigenvalue weighted by Crippen LogP contribution is 2.41. The van der Waals surface area contributed by atoms with Gasteiger partial charge in [0.05, 0.1) is 16.8 Å². The van der Waals surface area contributed by atoms with Gasteiger partial charge in [0, 0.05) is 22.8 Å². The van der Waals surface area contributed by atoms with E-state index in [9.17, 15) is 18.7 Å². The van der Waals surface area contributed by atoms with E-state index in [1.807, 2.05) is 18.2 Å². The summed E-state index contributed by atoms with van der Waals surface area (Å²) in [7, 11) is 0. The van der Waals surface area contributed by atoms with E-state index in [0.29, 0.717) is 22.2 Å². The molecule has 0 bridgehead atoms. The molecule has 5 rings (SSSR count). The molecule has 1 aliphatic heterocycles. The van der Waals surface area contributed by atoms with Gasteiger partial charge in [-0.1, -0.05) is 48.5 Å². The number of halogens is 3. The highest BCUT2D eigenvalue weighted by atomic mass is 35.5. The molecule has 2 aliphatic rings. The minimum atomic E-state index is -0.537. The molecule has 1 amide bonds. The van der Waals surface area contributed by atoms with E-state index in [2.05, 4.69) is 24.0 Å². The molecular weight excluding hydrogens is 420 g/mol. The Morgan fingerprint density at radius 1 is 0.968 bits per heavy atom. The van der Waals surface area contributed by atoms with Gasteiger partial charge in [0.1, 0.15) is 11.6 Å². The summed E-state index contributed by atoms with van der Waals surface area (Å²) < 4.78 is 23.9. The lowest BCUT2D eigenvalue weighted by Crippen LogP contribution is -2.26. The van der Waals surface area contributed by atoms with Crippen molar-refractivity contribution in [2.75, 3.05) is 5.32 Å². The zero-order chi connectivity index (χ0) is 22.1. The molecule has 0 spiro atoms. The van der Waals surface area contributed by atoms with Gasteiger partial charge in [0.25, 0.3) is 5.91 Å². The summed E-state index contributed by atoms with van der Waals surface area (Å²) in [5, 5.41) is 12.8. The molecule has 1 saturated carbocycles. The second kappa shape index (κ2) is 8.61. The Bertz CT molecular complexity index is 1140. The average Bonchev–Trinajstić information content (AvgIpc) is 2.98. The van der Waals surface area contributed by atoms with Gasteiger partial charge in [-0.2, -0.15) is 0 Å². The summed E-state index contributed by atoms with van der Waals surface area (Å²) in [5.41, 5.74) is 5.14. The molecule has 158 valence electrons. The third-order valence-corrected chi connectivity index (χ3v) is 5.86. The Labute approximate surface area is 184 Å². The van der Waals surface area contributed by atoms with Crippen LogP contribution in [0.4, 0.5) is 14.5 Å². The minimum Gasteiger partial charge on any atom is -0.393 e. The third-order valence-electron chi connectivity index (χ3n) is 5.55. The number of amides is 1. The number of nitrogens with one attached hydrogen (secondary N) is 1. The minimum absolute atomic E-state index is 0.151. The molecule has 0 atom stereocenters. The fraction of sp³-hybridized carbons (Fsp3) is 0.160. The van der Waals surface area contributed by atoms with Crippen LogP contribution in [-0.4, -0.2) is 17.1 Å². The van der Waals surface area contributed by atoms with Gasteiger partial charge in [0.15, 0.2) is 0 Å². The fourth-order valence-corrected chi connectivity index (χ4v) is 4.00. The molecule has 31 heavy (non-hydrogen) atoms. The van der Waals surface area contributed by atoms with Gasteiger partial charge in [-0.25, -0.2) is 8.78 Å². The molecule has 3 aromatic carbocycles. The standard InChI is InChI=1S/C19H16ClNO2.C6H4F2/c1-10-15-8-16(17(20)9-18(15)21-19(10)23)12-4-2-11(3-5-12)13-6-14(22)7-13;7-5-2-1-3-6(8)4-5/h2-5,8-9,13-14,22H,1,6-7H2,(H,21,23);1-4H. The topological polar surface area (TPSA) is 49.3 Å². The Kier molecular flexibility index (Phi) is 5.90. The van der Waals surface area contributed by atoms with E-state index in [1.54, 1.807) is 6.07 Å². The van der Waals surface area contributed by atoms with Gasteiger partial charge >= 0.3 is 0 Å². The van der Waals surface area contributed by atoms with E-state index in [1.165, 1.54) is 23.8 Å². The molecule has 2 N–H and O–H groups in total. The molecule has 0 radical (unpaired) electrons. The van der Waals surface area contributed by atoms with Crippen LogP contribution in [0.15, 0.2) is 67.2 Å². The number of rotatable bonds is 2. The monoisotopic (exact) mass is 439 g/mol. The Morgan fingerprint density at radius 3 is 2.16 bits per heavy atom. The number of carbonyl (C=O) groups is 1. The summed E-state index contributed by atoms with van der Waals surface area (Å²) in [6.45, 7) is 3.83. The third kappa shape index (κ3) is 4.53. The fourth-order valence-electron chi connectivity index (χ4n) is 3.72. The molecule has 1 aliphatic carbocycles. The molecule has 0 aromatic heterocycles. The number of benzene rings is 3. The largest absolute Gasteiger partial charge is 0.393 e. The van der Waals surface area contributed by atoms with Crippen molar-refractivity contribution in [3.05, 3.63) is 95.0 Å². The first-order valence-corrected chi connectivity index (χ1v) is 10.2. The van der Waals surface area contributed by atoms with Gasteiger partial charge in [-0.05, 0) is 54.2 Å². The first-order chi connectivity index (χ1) is 14.8. The van der Waals surface area contributed by atoms with Crippen LogP contribution in [0, 0.1) is 11.6 Å². The number of hydrogen-bond donors (Lipinski definition) is 2. The van der Waals surface area contributed by atoms with Gasteiger partial charge < -0.3 is 10.4 Å². The maximum absolute atomic E-state index is 11.9. The number of carbonyl (C=O) groups excluding carboxylic acids is 1. The van der Waals surface area contributed by atoms with Crippen LogP contribution >= 0.6 is 11.6 Å². The molecule has 3 aromatic rings. The predicted molar refractivity (Wildman–Crippen MR) is 119 cm³/mol. The van der Waals surface area contributed by atoms with Crippen molar-refractivity contribution in [3.63, 3.8) is 0 Å². The van der Waals surface area contributed by atoms with Gasteiger partial charge in [-0.3, -0.25) is 4.79 Å². The number of anilines is 1. The van der Waals surface area contributed by atoms with Crippen LogP contribution in [-0.2, 0) is 4.79 Å². The van der Waals surface area contributed by atoms with Crippen LogP contribution in [0.2, 0.25) is 5.02 Å². The zero-order valence-corrected chi connectivity index (χ0v) is 17.3. The lowest BCUT2D eigenvalue weighted by Gasteiger charge is -2.31. The van der Waals surface area contributed by atoms with Crippen molar-refractivity contribution < 1.29 is 18.7 Å². The van der Waals surface area contributed by atoms with Gasteiger partial charge in [0.2, 0.25) is 0 Å². The van der Waals surface area contributed by atoms with E-state index in [0.717, 1.165) is 35.6 Å². The number of aliphatic hydroxyl groups is 1. The molecule has 1 heterocycles. The maximum atomic E-state index is 11.9. The number of fused-ring (bicyclic) bond motifs is 1. The van der Waals surface area contributed by atoms with Crippen LogP contribution in [0.5, 0.6) is 0 Å². The smallest absolute Gasteiger partial charge is 0.255 e. The van der Waals surface area contributed by atoms with Gasteiger partial charge in [-0.15, -0.1) is 0 Å². The van der Waals surface area contributed by atoms with Crippen molar-refractivity contribution >= 4 is 28.8 Å². The molecule has 3 nitrogen and oxygen atoms in total. The molecule has 1 fully saturated rings. The van der Waals surface area contributed by atoms with E-state index < -0.39 is 11.6 Å². The highest BCUT2D eigenvalue weighted by Gasteiger charge is 2.28. The summed E-state index contributed by atoms with van der Waals surface area (Å²) in [4.78, 5) is 11.7. The SMILES string of the molecule is C=C1C(=O)Nc2cc(Cl)c(-c3ccc(C4CC(O)C4)cc3)cc21.Fc1cccc(F)c1. The lowest BCUT2D eigenvalue weighted by molar-refractivity contribution is -0.110. The first-order valence-electron chi connectivity index (χ1n) is 9.85. The average molecular weight is 440 g/mol. The van der Waals surface area contributed by atoms with Crippen LogP contribution in [0.3, 0.4) is 0 Å². The summed E-state index contributed by atoms with van der Waals surface area (Å²) in [6.07, 6.45) is 1.53. The summed E-state index contributed by atoms with van der Waals surface area (Å²) >= 11 is 6.38. The number of hydrogen-bond acceptors (Lipinski definition) is 2. The maximum Gasteiger partial charge on any atom is 0.255 e. The molecule has 0 saturated heterocycles. The highest BCUT2D eigenvalue weighted by molar-refractivity contribution is 6.36. The molecular formula is C25H20ClF2NO2. The lowest BCUT2D eigenvalue weighted by atomic mass is 9.77. The van der Waals surface area contributed by atoms with E-state index in [-0.39, 0.29) is 12.0 Å². The Balaban J connectivity index is 0.000000245. The van der Waals surface area contributed by atoms with Crippen molar-refractivity contribution in [3.8, 4) is 11.1 Å².